The van der Waals surface area contributed by atoms with E-state index < -0.39 is 0 Å². The van der Waals surface area contributed by atoms with E-state index in [9.17, 15) is 0 Å². The minimum absolute atomic E-state index is 0.413. The van der Waals surface area contributed by atoms with Gasteiger partial charge >= 0.3 is 0 Å². The van der Waals surface area contributed by atoms with Crippen molar-refractivity contribution >= 4 is 11.6 Å². The first-order valence-corrected chi connectivity index (χ1v) is 8.59. The largest absolute Gasteiger partial charge is 0.316 e. The molecule has 1 rings (SSSR count). The third-order valence-corrected chi connectivity index (χ3v) is 3.98. The van der Waals surface area contributed by atoms with Crippen LogP contribution in [0.15, 0.2) is 24.3 Å². The first kappa shape index (κ1) is 18.5. The normalized spacial score (nSPS) is 13.7. The van der Waals surface area contributed by atoms with Gasteiger partial charge in [0.2, 0.25) is 0 Å². The molecule has 0 spiro atoms. The van der Waals surface area contributed by atoms with Crippen LogP contribution in [0.5, 0.6) is 0 Å². The van der Waals surface area contributed by atoms with Gasteiger partial charge in [0.05, 0.1) is 0 Å². The van der Waals surface area contributed by atoms with Crippen molar-refractivity contribution in [1.82, 2.24) is 5.32 Å². The number of hydrogen-bond donors (Lipinski definition) is 1. The Bertz CT molecular complexity index is 389. The van der Waals surface area contributed by atoms with Crippen molar-refractivity contribution in [3.8, 4) is 0 Å². The summed E-state index contributed by atoms with van der Waals surface area (Å²) in [4.78, 5) is 0. The molecule has 0 aliphatic heterocycles. The predicted octanol–water partition coefficient (Wildman–Crippen LogP) is 5.57. The molecule has 1 nitrogen and oxygen atoms in total. The molecule has 1 unspecified atom stereocenters. The lowest BCUT2D eigenvalue weighted by Crippen LogP contribution is -2.28. The number of rotatable bonds is 8. The maximum absolute atomic E-state index is 5.98. The van der Waals surface area contributed by atoms with Crippen LogP contribution in [-0.4, -0.2) is 13.1 Å². The summed E-state index contributed by atoms with van der Waals surface area (Å²) >= 11 is 5.98. The smallest absolute Gasteiger partial charge is 0.0406 e. The van der Waals surface area contributed by atoms with Crippen LogP contribution in [0, 0.1) is 17.3 Å². The fourth-order valence-corrected chi connectivity index (χ4v) is 2.57. The maximum atomic E-state index is 5.98. The van der Waals surface area contributed by atoms with Crippen LogP contribution >= 0.6 is 11.6 Å². The maximum Gasteiger partial charge on any atom is 0.0406 e. The van der Waals surface area contributed by atoms with Crippen LogP contribution in [0.1, 0.15) is 53.0 Å². The van der Waals surface area contributed by atoms with Gasteiger partial charge in [0, 0.05) is 5.02 Å². The molecule has 0 heterocycles. The quantitative estimate of drug-likeness (QED) is 0.662. The number of nitrogens with one attached hydrogen (secondary N) is 1. The summed E-state index contributed by atoms with van der Waals surface area (Å²) in [7, 11) is 0. The second-order valence-corrected chi connectivity index (χ2v) is 8.28. The van der Waals surface area contributed by atoms with Crippen molar-refractivity contribution < 1.29 is 0 Å². The van der Waals surface area contributed by atoms with E-state index in [0.717, 1.165) is 24.5 Å². The van der Waals surface area contributed by atoms with Crippen LogP contribution < -0.4 is 5.32 Å². The van der Waals surface area contributed by atoms with E-state index in [0.29, 0.717) is 17.3 Å². The molecule has 0 radical (unpaired) electrons. The van der Waals surface area contributed by atoms with E-state index in [4.69, 9.17) is 11.6 Å². The Labute approximate surface area is 136 Å². The lowest BCUT2D eigenvalue weighted by atomic mass is 9.84. The molecule has 1 N–H and O–H groups in total. The van der Waals surface area contributed by atoms with Crippen molar-refractivity contribution in [2.24, 2.45) is 17.3 Å². The van der Waals surface area contributed by atoms with Crippen molar-refractivity contribution in [2.45, 2.75) is 53.9 Å². The van der Waals surface area contributed by atoms with Crippen molar-refractivity contribution in [2.75, 3.05) is 13.1 Å². The highest BCUT2D eigenvalue weighted by molar-refractivity contribution is 6.30. The Morgan fingerprint density at radius 3 is 2.19 bits per heavy atom. The van der Waals surface area contributed by atoms with Gasteiger partial charge in [0.1, 0.15) is 0 Å². The average Bonchev–Trinajstić information content (AvgIpc) is 2.37. The summed E-state index contributed by atoms with van der Waals surface area (Å²) in [6, 6.07) is 8.32. The van der Waals surface area contributed by atoms with Crippen LogP contribution in [-0.2, 0) is 6.42 Å². The second-order valence-electron chi connectivity index (χ2n) is 7.85. The van der Waals surface area contributed by atoms with E-state index in [1.807, 2.05) is 12.1 Å². The molecule has 0 aliphatic rings. The highest BCUT2D eigenvalue weighted by Crippen LogP contribution is 2.25. The summed E-state index contributed by atoms with van der Waals surface area (Å²) in [6.07, 6.45) is 3.68. The number of hydrogen-bond acceptors (Lipinski definition) is 1. The van der Waals surface area contributed by atoms with Gasteiger partial charge < -0.3 is 5.32 Å². The van der Waals surface area contributed by atoms with E-state index in [1.54, 1.807) is 0 Å². The molecule has 0 aliphatic carbocycles. The van der Waals surface area contributed by atoms with Crippen LogP contribution in [0.3, 0.4) is 0 Å². The van der Waals surface area contributed by atoms with Crippen molar-refractivity contribution in [1.29, 1.82) is 0 Å². The molecule has 1 aromatic rings. The molecular weight excluding hydrogens is 278 g/mol. The molecule has 0 fully saturated rings. The molecular formula is C19H32ClN. The summed E-state index contributed by atoms with van der Waals surface area (Å²) in [6.45, 7) is 13.7. The van der Waals surface area contributed by atoms with Crippen molar-refractivity contribution in [3.05, 3.63) is 34.9 Å². The Hall–Kier alpha value is -0.530. The Kier molecular flexibility index (Phi) is 7.76. The fraction of sp³-hybridized carbons (Fsp3) is 0.684. The monoisotopic (exact) mass is 309 g/mol. The topological polar surface area (TPSA) is 12.0 Å². The first-order valence-electron chi connectivity index (χ1n) is 8.21. The third-order valence-electron chi connectivity index (χ3n) is 3.73. The Balaban J connectivity index is 2.55. The molecule has 21 heavy (non-hydrogen) atoms. The van der Waals surface area contributed by atoms with Gasteiger partial charge in [-0.25, -0.2) is 0 Å². The van der Waals surface area contributed by atoms with Gasteiger partial charge in [-0.05, 0) is 67.3 Å². The van der Waals surface area contributed by atoms with Gasteiger partial charge in [-0.2, -0.15) is 0 Å². The zero-order valence-electron chi connectivity index (χ0n) is 14.4. The molecule has 0 aromatic heterocycles. The summed E-state index contributed by atoms with van der Waals surface area (Å²) in [5.74, 6) is 1.41. The first-order chi connectivity index (χ1) is 9.76. The standard InChI is InChI=1S/C19H32ClN/c1-15(2)13-21-14-17(10-11-19(3,4)5)12-16-6-8-18(20)9-7-16/h6-9,15,17,21H,10-14H2,1-5H3. The van der Waals surface area contributed by atoms with Gasteiger partial charge in [-0.15, -0.1) is 0 Å². The van der Waals surface area contributed by atoms with Crippen LogP contribution in [0.4, 0.5) is 0 Å². The molecule has 1 atom stereocenters. The molecule has 1 aromatic carbocycles. The van der Waals surface area contributed by atoms with E-state index >= 15 is 0 Å². The van der Waals surface area contributed by atoms with E-state index in [2.05, 4.69) is 52.1 Å². The zero-order valence-corrected chi connectivity index (χ0v) is 15.1. The van der Waals surface area contributed by atoms with Crippen LogP contribution in [0.25, 0.3) is 0 Å². The SMILES string of the molecule is CC(C)CNCC(CCC(C)(C)C)Cc1ccc(Cl)cc1. The second kappa shape index (κ2) is 8.80. The number of halogens is 1. The van der Waals surface area contributed by atoms with Gasteiger partial charge in [0.15, 0.2) is 0 Å². The molecule has 0 saturated heterocycles. The van der Waals surface area contributed by atoms with Crippen LogP contribution in [0.2, 0.25) is 5.02 Å². The van der Waals surface area contributed by atoms with Gasteiger partial charge in [-0.1, -0.05) is 58.4 Å². The van der Waals surface area contributed by atoms with Gasteiger partial charge in [0.25, 0.3) is 0 Å². The molecule has 0 amide bonds. The zero-order chi connectivity index (χ0) is 15.9. The van der Waals surface area contributed by atoms with Crippen molar-refractivity contribution in [3.63, 3.8) is 0 Å². The van der Waals surface area contributed by atoms with Gasteiger partial charge in [-0.3, -0.25) is 0 Å². The highest BCUT2D eigenvalue weighted by Gasteiger charge is 2.16. The predicted molar refractivity (Wildman–Crippen MR) is 95.0 cm³/mol. The minimum Gasteiger partial charge on any atom is -0.316 e. The van der Waals surface area contributed by atoms with E-state index in [1.165, 1.54) is 18.4 Å². The lowest BCUT2D eigenvalue weighted by Gasteiger charge is -2.24. The third kappa shape index (κ3) is 9.16. The Morgan fingerprint density at radius 1 is 1.05 bits per heavy atom. The summed E-state index contributed by atoms with van der Waals surface area (Å²) in [5, 5.41) is 4.45. The highest BCUT2D eigenvalue weighted by atomic mass is 35.5. The molecule has 0 saturated carbocycles. The molecule has 120 valence electrons. The fourth-order valence-electron chi connectivity index (χ4n) is 2.44. The summed E-state index contributed by atoms with van der Waals surface area (Å²) < 4.78 is 0. The lowest BCUT2D eigenvalue weighted by molar-refractivity contribution is 0.311. The summed E-state index contributed by atoms with van der Waals surface area (Å²) in [5.41, 5.74) is 1.81. The molecule has 0 bridgehead atoms. The number of benzene rings is 1. The molecule has 2 heteroatoms. The average molecular weight is 310 g/mol. The van der Waals surface area contributed by atoms with E-state index in [-0.39, 0.29) is 0 Å². The minimum atomic E-state index is 0.413. The Morgan fingerprint density at radius 2 is 1.67 bits per heavy atom.